The van der Waals surface area contributed by atoms with Gasteiger partial charge in [-0.15, -0.1) is 0 Å². The highest BCUT2D eigenvalue weighted by molar-refractivity contribution is 5.43. The van der Waals surface area contributed by atoms with E-state index in [1.807, 2.05) is 0 Å². The van der Waals surface area contributed by atoms with Gasteiger partial charge in [0, 0.05) is 6.07 Å². The number of nitrogens with zero attached hydrogens (tertiary/aromatic N) is 1. The smallest absolute Gasteiger partial charge is 0.416 e. The summed E-state index contributed by atoms with van der Waals surface area (Å²) < 4.78 is 48.5. The number of benzene rings is 1. The maximum absolute atomic E-state index is 12.8. The van der Waals surface area contributed by atoms with E-state index in [2.05, 4.69) is 10.4 Å². The molecule has 0 bridgehead atoms. The maximum atomic E-state index is 12.8. The van der Waals surface area contributed by atoms with Crippen molar-refractivity contribution in [2.75, 3.05) is 12.5 Å². The average Bonchev–Trinajstić information content (AvgIpc) is 2.46. The molecule has 1 heterocycles. The lowest BCUT2D eigenvalue weighted by atomic mass is 10.2. The zero-order chi connectivity index (χ0) is 15.5. The second-order valence-electron chi connectivity index (χ2n) is 4.00. The fraction of sp³-hybridized carbons (Fsp3) is 0.154. The van der Waals surface area contributed by atoms with Gasteiger partial charge in [0.2, 0.25) is 5.88 Å². The van der Waals surface area contributed by atoms with Gasteiger partial charge >= 0.3 is 6.18 Å². The number of alkyl halides is 3. The van der Waals surface area contributed by atoms with Crippen LogP contribution in [0.5, 0.6) is 17.4 Å². The molecule has 0 saturated carbocycles. The molecule has 2 rings (SSSR count). The van der Waals surface area contributed by atoms with Crippen molar-refractivity contribution in [3.63, 3.8) is 0 Å². The van der Waals surface area contributed by atoms with Crippen LogP contribution < -0.4 is 20.7 Å². The average molecular weight is 299 g/mol. The Bertz CT molecular complexity index is 615. The second-order valence-corrected chi connectivity index (χ2v) is 4.00. The van der Waals surface area contributed by atoms with Gasteiger partial charge in [-0.3, -0.25) is 0 Å². The van der Waals surface area contributed by atoms with Gasteiger partial charge in [-0.1, -0.05) is 0 Å². The summed E-state index contributed by atoms with van der Waals surface area (Å²) in [6.07, 6.45) is -4.52. The van der Waals surface area contributed by atoms with Crippen molar-refractivity contribution >= 4 is 5.82 Å². The zero-order valence-electron chi connectivity index (χ0n) is 10.9. The molecule has 0 amide bonds. The Morgan fingerprint density at radius 2 is 1.71 bits per heavy atom. The van der Waals surface area contributed by atoms with Gasteiger partial charge in [-0.25, -0.2) is 5.84 Å². The summed E-state index contributed by atoms with van der Waals surface area (Å²) in [6, 6.07) is 7.93. The van der Waals surface area contributed by atoms with Gasteiger partial charge < -0.3 is 14.9 Å². The van der Waals surface area contributed by atoms with E-state index < -0.39 is 11.7 Å². The van der Waals surface area contributed by atoms with Crippen molar-refractivity contribution in [3.05, 3.63) is 42.0 Å². The fourth-order valence-electron chi connectivity index (χ4n) is 1.56. The monoisotopic (exact) mass is 299 g/mol. The molecule has 0 atom stereocenters. The van der Waals surface area contributed by atoms with Gasteiger partial charge in [-0.2, -0.15) is 18.2 Å². The number of anilines is 1. The maximum Gasteiger partial charge on any atom is 0.416 e. The number of nitrogens with two attached hydrogens (primary N) is 1. The fourth-order valence-corrected chi connectivity index (χ4v) is 1.56. The molecule has 3 N–H and O–H groups in total. The molecule has 0 unspecified atom stereocenters. The molecule has 0 fully saturated rings. The van der Waals surface area contributed by atoms with Crippen LogP contribution in [0.15, 0.2) is 36.4 Å². The van der Waals surface area contributed by atoms with Crippen molar-refractivity contribution < 1.29 is 22.6 Å². The Hall–Kier alpha value is -2.48. The molecule has 0 aliphatic carbocycles. The number of methoxy groups -OCH3 is 1. The van der Waals surface area contributed by atoms with Crippen LogP contribution in [0.25, 0.3) is 0 Å². The molecular weight excluding hydrogens is 287 g/mol. The number of rotatable bonds is 4. The molecule has 0 radical (unpaired) electrons. The Morgan fingerprint density at radius 3 is 2.24 bits per heavy atom. The van der Waals surface area contributed by atoms with Crippen molar-refractivity contribution in [2.24, 2.45) is 5.84 Å². The Balaban J connectivity index is 2.29. The highest BCUT2D eigenvalue weighted by atomic mass is 19.4. The number of hydrogen-bond acceptors (Lipinski definition) is 5. The first kappa shape index (κ1) is 14.9. The van der Waals surface area contributed by atoms with Crippen LogP contribution in [0.3, 0.4) is 0 Å². The third-order valence-corrected chi connectivity index (χ3v) is 2.56. The zero-order valence-corrected chi connectivity index (χ0v) is 10.9. The van der Waals surface area contributed by atoms with Crippen LogP contribution in [0.4, 0.5) is 19.0 Å². The minimum Gasteiger partial charge on any atom is -0.497 e. The van der Waals surface area contributed by atoms with E-state index in [4.69, 9.17) is 15.3 Å². The molecule has 0 saturated heterocycles. The molecular formula is C13H12F3N3O2. The number of hydrogen-bond donors (Lipinski definition) is 2. The lowest BCUT2D eigenvalue weighted by Crippen LogP contribution is -2.12. The summed E-state index contributed by atoms with van der Waals surface area (Å²) in [5, 5.41) is 0. The molecule has 112 valence electrons. The summed E-state index contributed by atoms with van der Waals surface area (Å²) in [4.78, 5) is 3.81. The van der Waals surface area contributed by atoms with Crippen LogP contribution >= 0.6 is 0 Å². The van der Waals surface area contributed by atoms with E-state index in [-0.39, 0.29) is 11.7 Å². The van der Waals surface area contributed by atoms with Gasteiger partial charge in [0.05, 0.1) is 12.7 Å². The quantitative estimate of drug-likeness (QED) is 0.670. The largest absolute Gasteiger partial charge is 0.497 e. The van der Waals surface area contributed by atoms with Crippen molar-refractivity contribution in [2.45, 2.75) is 6.18 Å². The van der Waals surface area contributed by atoms with E-state index in [9.17, 15) is 13.2 Å². The van der Waals surface area contributed by atoms with E-state index >= 15 is 0 Å². The highest BCUT2D eigenvalue weighted by Gasteiger charge is 2.32. The second kappa shape index (κ2) is 5.88. The minimum atomic E-state index is -4.52. The number of halogens is 3. The number of aromatic nitrogens is 1. The first-order valence-electron chi connectivity index (χ1n) is 5.80. The number of hydrazine groups is 1. The van der Waals surface area contributed by atoms with Gasteiger partial charge in [0.25, 0.3) is 0 Å². The summed E-state index contributed by atoms with van der Waals surface area (Å²) in [6.45, 7) is 0. The predicted octanol–water partition coefficient (Wildman–Crippen LogP) is 3.19. The molecule has 1 aromatic carbocycles. The molecule has 0 aliphatic heterocycles. The Kier molecular flexibility index (Phi) is 4.18. The molecule has 8 heteroatoms. The minimum absolute atomic E-state index is 0.145. The lowest BCUT2D eigenvalue weighted by molar-refractivity contribution is -0.137. The van der Waals surface area contributed by atoms with Crippen LogP contribution in [0.2, 0.25) is 0 Å². The lowest BCUT2D eigenvalue weighted by Gasteiger charge is -2.12. The first-order chi connectivity index (χ1) is 9.92. The Labute approximate surface area is 118 Å². The third-order valence-electron chi connectivity index (χ3n) is 2.56. The van der Waals surface area contributed by atoms with E-state index in [0.29, 0.717) is 11.5 Å². The molecule has 0 aliphatic rings. The van der Waals surface area contributed by atoms with E-state index in [1.54, 1.807) is 24.3 Å². The third kappa shape index (κ3) is 3.76. The molecule has 21 heavy (non-hydrogen) atoms. The molecule has 5 nitrogen and oxygen atoms in total. The summed E-state index contributed by atoms with van der Waals surface area (Å²) in [5.74, 6) is 5.67. The number of ether oxygens (including phenoxy) is 2. The molecule has 1 aromatic heterocycles. The first-order valence-corrected chi connectivity index (χ1v) is 5.80. The summed E-state index contributed by atoms with van der Waals surface area (Å²) in [7, 11) is 1.50. The normalized spacial score (nSPS) is 11.1. The van der Waals surface area contributed by atoms with Gasteiger partial charge in [0.15, 0.2) is 0 Å². The van der Waals surface area contributed by atoms with Crippen LogP contribution in [0.1, 0.15) is 5.56 Å². The van der Waals surface area contributed by atoms with Crippen LogP contribution in [-0.4, -0.2) is 12.1 Å². The van der Waals surface area contributed by atoms with Gasteiger partial charge in [-0.05, 0) is 30.3 Å². The van der Waals surface area contributed by atoms with Crippen molar-refractivity contribution in [1.82, 2.24) is 4.98 Å². The van der Waals surface area contributed by atoms with E-state index in [1.165, 1.54) is 7.11 Å². The van der Waals surface area contributed by atoms with E-state index in [0.717, 1.165) is 12.1 Å². The highest BCUT2D eigenvalue weighted by Crippen LogP contribution is 2.33. The summed E-state index contributed by atoms with van der Waals surface area (Å²) >= 11 is 0. The predicted molar refractivity (Wildman–Crippen MR) is 70.1 cm³/mol. The number of nitrogen functional groups attached to an aromatic ring is 1. The van der Waals surface area contributed by atoms with Crippen molar-refractivity contribution in [1.29, 1.82) is 0 Å². The van der Waals surface area contributed by atoms with Crippen LogP contribution in [0, 0.1) is 0 Å². The molecule has 2 aromatic rings. The number of pyridine rings is 1. The SMILES string of the molecule is COc1ccc(Oc2cc(C(F)(F)F)cc(NN)n2)cc1. The van der Waals surface area contributed by atoms with Crippen LogP contribution in [-0.2, 0) is 6.18 Å². The summed E-state index contributed by atoms with van der Waals surface area (Å²) in [5.41, 5.74) is 1.16. The standard InChI is InChI=1S/C13H12F3N3O2/c1-20-9-2-4-10(5-3-9)21-12-7-8(13(14,15)16)6-11(18-12)19-17/h2-7H,17H2,1H3,(H,18,19). The number of nitrogens with one attached hydrogen (secondary N) is 1. The Morgan fingerprint density at radius 1 is 1.10 bits per heavy atom. The topological polar surface area (TPSA) is 69.4 Å². The molecule has 0 spiro atoms. The van der Waals surface area contributed by atoms with Gasteiger partial charge in [0.1, 0.15) is 17.3 Å². The van der Waals surface area contributed by atoms with Crippen molar-refractivity contribution in [3.8, 4) is 17.4 Å².